The molecule has 1 aliphatic rings. The van der Waals surface area contributed by atoms with Crippen LogP contribution in [0.2, 0.25) is 0 Å². The topological polar surface area (TPSA) is 47.6 Å². The lowest BCUT2D eigenvalue weighted by molar-refractivity contribution is 0.211. The van der Waals surface area contributed by atoms with Gasteiger partial charge >= 0.3 is 0 Å². The number of fused-ring (bicyclic) bond motifs is 3. The van der Waals surface area contributed by atoms with Crippen molar-refractivity contribution in [1.82, 2.24) is 14.3 Å². The summed E-state index contributed by atoms with van der Waals surface area (Å²) in [6, 6.07) is 32.7. The zero-order valence-corrected chi connectivity index (χ0v) is 22.8. The lowest BCUT2D eigenvalue weighted by atomic mass is 9.96. The molecule has 3 aromatic carbocycles. The first-order valence-electron chi connectivity index (χ1n) is 14.1. The highest BCUT2D eigenvalue weighted by Gasteiger charge is 2.30. The monoisotopic (exact) mass is 513 g/mol. The summed E-state index contributed by atoms with van der Waals surface area (Å²) in [6.07, 6.45) is 3.18. The largest absolute Gasteiger partial charge is 0.355 e. The molecule has 5 nitrogen and oxygen atoms in total. The van der Waals surface area contributed by atoms with E-state index in [1.54, 1.807) is 0 Å². The zero-order valence-electron chi connectivity index (χ0n) is 22.8. The molecule has 0 bridgehead atoms. The molecule has 0 radical (unpaired) electrons. The number of hydrogen-bond acceptors (Lipinski definition) is 4. The molecule has 0 spiro atoms. The number of rotatable bonds is 7. The number of para-hydroxylation sites is 2. The van der Waals surface area contributed by atoms with Gasteiger partial charge in [0.1, 0.15) is 11.9 Å². The minimum atomic E-state index is 0.228. The third kappa shape index (κ3) is 4.56. The van der Waals surface area contributed by atoms with Crippen LogP contribution in [0.5, 0.6) is 0 Å². The maximum Gasteiger partial charge on any atom is 0.157 e. The average molecular weight is 514 g/mol. The van der Waals surface area contributed by atoms with Crippen molar-refractivity contribution >= 4 is 22.5 Å². The SMILES string of the molecule is CCCCc1c(C)c(C#N)c2nc3ccccc3n2c1N1CCN(C(c2ccccc2)c2ccccc2)CC1. The van der Waals surface area contributed by atoms with Gasteiger partial charge in [0.2, 0.25) is 0 Å². The third-order valence-corrected chi connectivity index (χ3v) is 8.20. The van der Waals surface area contributed by atoms with E-state index >= 15 is 0 Å². The Morgan fingerprint density at radius 2 is 1.46 bits per heavy atom. The minimum Gasteiger partial charge on any atom is -0.355 e. The number of nitriles is 1. The van der Waals surface area contributed by atoms with Crippen LogP contribution in [0.3, 0.4) is 0 Å². The fraction of sp³-hybridized carbons (Fsp3) is 0.294. The van der Waals surface area contributed by atoms with Crippen LogP contribution in [-0.4, -0.2) is 40.5 Å². The second-order valence-corrected chi connectivity index (χ2v) is 10.5. The van der Waals surface area contributed by atoms with E-state index in [0.29, 0.717) is 5.56 Å². The lowest BCUT2D eigenvalue weighted by Gasteiger charge is -2.41. The number of unbranched alkanes of at least 4 members (excludes halogenated alkanes) is 1. The molecule has 0 saturated carbocycles. The van der Waals surface area contributed by atoms with Crippen LogP contribution in [0.4, 0.5) is 5.82 Å². The van der Waals surface area contributed by atoms with Crippen LogP contribution in [0.15, 0.2) is 84.9 Å². The number of pyridine rings is 1. The van der Waals surface area contributed by atoms with Crippen LogP contribution < -0.4 is 4.90 Å². The molecular weight excluding hydrogens is 478 g/mol. The predicted octanol–water partition coefficient (Wildman–Crippen LogP) is 6.92. The van der Waals surface area contributed by atoms with Gasteiger partial charge in [-0.1, -0.05) is 86.1 Å². The van der Waals surface area contributed by atoms with E-state index in [4.69, 9.17) is 4.98 Å². The lowest BCUT2D eigenvalue weighted by Crippen LogP contribution is -2.48. The Morgan fingerprint density at radius 1 is 0.846 bits per heavy atom. The molecule has 5 heteroatoms. The Hall–Kier alpha value is -4.14. The predicted molar refractivity (Wildman–Crippen MR) is 159 cm³/mol. The molecular formula is C34H35N5. The summed E-state index contributed by atoms with van der Waals surface area (Å²) in [5.41, 5.74) is 8.53. The number of nitrogens with zero attached hydrogens (tertiary/aromatic N) is 5. The van der Waals surface area contributed by atoms with Gasteiger partial charge in [0.25, 0.3) is 0 Å². The Balaban J connectivity index is 1.42. The third-order valence-electron chi connectivity index (χ3n) is 8.20. The first-order valence-corrected chi connectivity index (χ1v) is 14.1. The Labute approximate surface area is 230 Å². The summed E-state index contributed by atoms with van der Waals surface area (Å²) >= 11 is 0. The Bertz CT molecular complexity index is 1580. The van der Waals surface area contributed by atoms with Gasteiger partial charge in [-0.25, -0.2) is 4.98 Å². The van der Waals surface area contributed by atoms with E-state index in [1.165, 1.54) is 22.5 Å². The van der Waals surface area contributed by atoms with Gasteiger partial charge in [-0.3, -0.25) is 9.30 Å². The molecule has 2 aromatic heterocycles. The van der Waals surface area contributed by atoms with E-state index in [9.17, 15) is 5.26 Å². The number of imidazole rings is 1. The van der Waals surface area contributed by atoms with Crippen molar-refractivity contribution < 1.29 is 0 Å². The Morgan fingerprint density at radius 3 is 2.08 bits per heavy atom. The van der Waals surface area contributed by atoms with Gasteiger partial charge in [0.15, 0.2) is 5.65 Å². The molecule has 39 heavy (non-hydrogen) atoms. The number of piperazine rings is 1. The van der Waals surface area contributed by atoms with Crippen LogP contribution >= 0.6 is 0 Å². The van der Waals surface area contributed by atoms with Gasteiger partial charge in [0, 0.05) is 26.2 Å². The van der Waals surface area contributed by atoms with Crippen molar-refractivity contribution in [2.75, 3.05) is 31.1 Å². The molecule has 3 heterocycles. The second kappa shape index (κ2) is 10.9. The van der Waals surface area contributed by atoms with Gasteiger partial charge in [-0.2, -0.15) is 5.26 Å². The van der Waals surface area contributed by atoms with Gasteiger partial charge in [0.05, 0.1) is 22.6 Å². The van der Waals surface area contributed by atoms with E-state index in [2.05, 4.69) is 113 Å². The maximum atomic E-state index is 10.2. The van der Waals surface area contributed by atoms with E-state index < -0.39 is 0 Å². The van der Waals surface area contributed by atoms with Crippen LogP contribution in [0.25, 0.3) is 16.7 Å². The fourth-order valence-corrected chi connectivity index (χ4v) is 6.23. The molecule has 1 aliphatic heterocycles. The van der Waals surface area contributed by atoms with Crippen LogP contribution in [0.1, 0.15) is 53.6 Å². The van der Waals surface area contributed by atoms with Crippen molar-refractivity contribution in [3.05, 3.63) is 113 Å². The Kier molecular flexibility index (Phi) is 7.04. The summed E-state index contributed by atoms with van der Waals surface area (Å²) in [4.78, 5) is 10.1. The number of aromatic nitrogens is 2. The highest BCUT2D eigenvalue weighted by Crippen LogP contribution is 2.36. The van der Waals surface area contributed by atoms with Crippen molar-refractivity contribution in [3.63, 3.8) is 0 Å². The molecule has 0 atom stereocenters. The maximum absolute atomic E-state index is 10.2. The summed E-state index contributed by atoms with van der Waals surface area (Å²) in [5, 5.41) is 10.2. The normalized spacial score (nSPS) is 14.4. The molecule has 5 aromatic rings. The van der Waals surface area contributed by atoms with Gasteiger partial charge in [-0.15, -0.1) is 0 Å². The summed E-state index contributed by atoms with van der Waals surface area (Å²) in [5.74, 6) is 1.22. The first-order chi connectivity index (χ1) is 19.2. The smallest absolute Gasteiger partial charge is 0.157 e. The van der Waals surface area contributed by atoms with Gasteiger partial charge < -0.3 is 4.90 Å². The zero-order chi connectivity index (χ0) is 26.8. The molecule has 196 valence electrons. The standard InChI is InChI=1S/C34H35N5/c1-3-4-17-28-25(2)29(24-35)33-36-30-18-11-12-19-31(30)39(33)34(28)38-22-20-37(21-23-38)32(26-13-7-5-8-14-26)27-15-9-6-10-16-27/h5-16,18-19,32H,3-4,17,20-23H2,1-2H3. The van der Waals surface area contributed by atoms with Crippen molar-refractivity contribution in [2.45, 2.75) is 39.2 Å². The summed E-state index contributed by atoms with van der Waals surface area (Å²) < 4.78 is 2.27. The highest BCUT2D eigenvalue weighted by atomic mass is 15.3. The fourth-order valence-electron chi connectivity index (χ4n) is 6.23. The van der Waals surface area contributed by atoms with Crippen molar-refractivity contribution in [1.29, 1.82) is 5.26 Å². The molecule has 1 fully saturated rings. The van der Waals surface area contributed by atoms with Crippen molar-refractivity contribution in [2.24, 2.45) is 0 Å². The van der Waals surface area contributed by atoms with Crippen molar-refractivity contribution in [3.8, 4) is 6.07 Å². The van der Waals surface area contributed by atoms with E-state index in [-0.39, 0.29) is 6.04 Å². The van der Waals surface area contributed by atoms with Crippen LogP contribution in [-0.2, 0) is 6.42 Å². The highest BCUT2D eigenvalue weighted by molar-refractivity contribution is 5.86. The molecule has 0 amide bonds. The quantitative estimate of drug-likeness (QED) is 0.237. The average Bonchev–Trinajstić information content (AvgIpc) is 3.37. The number of anilines is 1. The van der Waals surface area contributed by atoms with E-state index in [1.807, 2.05) is 6.07 Å². The minimum absolute atomic E-state index is 0.228. The molecule has 0 unspecified atom stereocenters. The molecule has 0 N–H and O–H groups in total. The molecule has 6 rings (SSSR count). The van der Waals surface area contributed by atoms with E-state index in [0.717, 1.165) is 67.7 Å². The molecule has 0 aliphatic carbocycles. The first kappa shape index (κ1) is 25.2. The summed E-state index contributed by atoms with van der Waals surface area (Å²) in [7, 11) is 0. The number of benzene rings is 3. The van der Waals surface area contributed by atoms with Gasteiger partial charge in [-0.05, 0) is 54.2 Å². The number of hydrogen-bond donors (Lipinski definition) is 0. The second-order valence-electron chi connectivity index (χ2n) is 10.5. The summed E-state index contributed by atoms with van der Waals surface area (Å²) in [6.45, 7) is 8.09. The van der Waals surface area contributed by atoms with Crippen LogP contribution in [0, 0.1) is 18.3 Å². The molecule has 1 saturated heterocycles.